The number of ether oxygens (including phenoxy) is 1. The smallest absolute Gasteiger partial charge is 0.272 e. The molecule has 4 rings (SSSR count). The fraction of sp³-hybridized carbons (Fsp3) is 0.417. The molecule has 0 spiro atoms. The van der Waals surface area contributed by atoms with E-state index in [1.807, 2.05) is 28.6 Å². The number of nitrogens with zero attached hydrogens (tertiary/aromatic N) is 3. The fourth-order valence-electron chi connectivity index (χ4n) is 4.30. The van der Waals surface area contributed by atoms with Crippen molar-refractivity contribution in [2.75, 3.05) is 20.3 Å². The third-order valence-electron chi connectivity index (χ3n) is 6.22. The number of hydrogen-bond donors (Lipinski definition) is 1. The SMILES string of the molecule is CCc1ccc(-c2cn3c(C(=O)N(C)C4CCOCC4)cnc3cc2CN)c(C)c1. The quantitative estimate of drug-likeness (QED) is 0.703. The lowest BCUT2D eigenvalue weighted by Gasteiger charge is -2.31. The van der Waals surface area contributed by atoms with E-state index in [1.54, 1.807) is 6.20 Å². The Kier molecular flexibility index (Phi) is 5.88. The molecule has 6 nitrogen and oxygen atoms in total. The van der Waals surface area contributed by atoms with Crippen molar-refractivity contribution in [3.63, 3.8) is 0 Å². The highest BCUT2D eigenvalue weighted by molar-refractivity contribution is 5.93. The number of fused-ring (bicyclic) bond motifs is 1. The van der Waals surface area contributed by atoms with Gasteiger partial charge in [-0.3, -0.25) is 9.20 Å². The number of aromatic nitrogens is 2. The van der Waals surface area contributed by atoms with Crippen LogP contribution in [0.15, 0.2) is 36.7 Å². The Labute approximate surface area is 177 Å². The van der Waals surface area contributed by atoms with Gasteiger partial charge in [-0.15, -0.1) is 0 Å². The molecule has 1 aliphatic rings. The maximum absolute atomic E-state index is 13.3. The molecule has 0 aliphatic carbocycles. The number of nitrogens with two attached hydrogens (primary N) is 1. The van der Waals surface area contributed by atoms with Crippen LogP contribution in [-0.4, -0.2) is 46.5 Å². The monoisotopic (exact) mass is 406 g/mol. The molecular formula is C24H30N4O2. The molecule has 1 aliphatic heterocycles. The summed E-state index contributed by atoms with van der Waals surface area (Å²) >= 11 is 0. The molecule has 2 N–H and O–H groups in total. The molecule has 6 heteroatoms. The molecule has 2 aromatic heterocycles. The molecule has 0 radical (unpaired) electrons. The lowest BCUT2D eigenvalue weighted by atomic mass is 9.95. The van der Waals surface area contributed by atoms with E-state index in [9.17, 15) is 4.79 Å². The van der Waals surface area contributed by atoms with Gasteiger partial charge in [0.1, 0.15) is 11.3 Å². The first-order chi connectivity index (χ1) is 14.5. The molecule has 3 aromatic rings. The van der Waals surface area contributed by atoms with Crippen molar-refractivity contribution in [2.45, 2.75) is 45.7 Å². The van der Waals surface area contributed by atoms with Crippen LogP contribution in [0.2, 0.25) is 0 Å². The lowest BCUT2D eigenvalue weighted by molar-refractivity contribution is 0.0358. The zero-order valence-electron chi connectivity index (χ0n) is 18.0. The van der Waals surface area contributed by atoms with Crippen LogP contribution < -0.4 is 5.73 Å². The lowest BCUT2D eigenvalue weighted by Crippen LogP contribution is -2.41. The van der Waals surface area contributed by atoms with E-state index in [0.717, 1.165) is 41.6 Å². The molecule has 1 amide bonds. The van der Waals surface area contributed by atoms with Gasteiger partial charge in [-0.25, -0.2) is 4.98 Å². The Morgan fingerprint density at radius 2 is 2.03 bits per heavy atom. The Morgan fingerprint density at radius 1 is 1.27 bits per heavy atom. The summed E-state index contributed by atoms with van der Waals surface area (Å²) in [7, 11) is 1.88. The van der Waals surface area contributed by atoms with Crippen LogP contribution in [0.3, 0.4) is 0 Å². The summed E-state index contributed by atoms with van der Waals surface area (Å²) < 4.78 is 7.34. The number of carbonyl (C=O) groups is 1. The molecule has 0 atom stereocenters. The van der Waals surface area contributed by atoms with Crippen LogP contribution in [0.4, 0.5) is 0 Å². The van der Waals surface area contributed by atoms with Crippen molar-refractivity contribution in [2.24, 2.45) is 5.73 Å². The Morgan fingerprint density at radius 3 is 2.70 bits per heavy atom. The van der Waals surface area contributed by atoms with Crippen molar-refractivity contribution in [3.05, 3.63) is 59.0 Å². The second-order valence-corrected chi connectivity index (χ2v) is 8.05. The summed E-state index contributed by atoms with van der Waals surface area (Å²) in [6, 6.07) is 8.72. The second-order valence-electron chi connectivity index (χ2n) is 8.05. The molecule has 1 fully saturated rings. The first-order valence-electron chi connectivity index (χ1n) is 10.7. The van der Waals surface area contributed by atoms with Gasteiger partial charge in [-0.05, 0) is 54.5 Å². The molecule has 158 valence electrons. The van der Waals surface area contributed by atoms with Crippen LogP contribution >= 0.6 is 0 Å². The number of carbonyl (C=O) groups excluding carboxylic acids is 1. The average Bonchev–Trinajstić information content (AvgIpc) is 3.20. The van der Waals surface area contributed by atoms with Crippen LogP contribution in [-0.2, 0) is 17.7 Å². The van der Waals surface area contributed by atoms with Gasteiger partial charge in [0.15, 0.2) is 0 Å². The first kappa shape index (κ1) is 20.6. The van der Waals surface area contributed by atoms with E-state index < -0.39 is 0 Å². The fourth-order valence-corrected chi connectivity index (χ4v) is 4.30. The second kappa shape index (κ2) is 8.58. The van der Waals surface area contributed by atoms with Gasteiger partial charge in [0, 0.05) is 44.6 Å². The van der Waals surface area contributed by atoms with Gasteiger partial charge < -0.3 is 15.4 Å². The number of pyridine rings is 1. The number of rotatable bonds is 5. The number of aryl methyl sites for hydroxylation is 2. The molecule has 0 saturated carbocycles. The molecule has 1 aromatic carbocycles. The number of imidazole rings is 1. The van der Waals surface area contributed by atoms with E-state index in [4.69, 9.17) is 10.5 Å². The van der Waals surface area contributed by atoms with Gasteiger partial charge in [0.25, 0.3) is 5.91 Å². The van der Waals surface area contributed by atoms with E-state index in [2.05, 4.69) is 37.0 Å². The first-order valence-corrected chi connectivity index (χ1v) is 10.7. The van der Waals surface area contributed by atoms with Crippen molar-refractivity contribution < 1.29 is 9.53 Å². The molecule has 0 unspecified atom stereocenters. The molecule has 30 heavy (non-hydrogen) atoms. The highest BCUT2D eigenvalue weighted by atomic mass is 16.5. The summed E-state index contributed by atoms with van der Waals surface area (Å²) in [6.07, 6.45) is 6.42. The van der Waals surface area contributed by atoms with Gasteiger partial charge >= 0.3 is 0 Å². The topological polar surface area (TPSA) is 72.9 Å². The third-order valence-corrected chi connectivity index (χ3v) is 6.22. The average molecular weight is 407 g/mol. The summed E-state index contributed by atoms with van der Waals surface area (Å²) in [5, 5.41) is 0. The molecular weight excluding hydrogens is 376 g/mol. The van der Waals surface area contributed by atoms with Crippen molar-refractivity contribution in [3.8, 4) is 11.1 Å². The van der Waals surface area contributed by atoms with E-state index in [-0.39, 0.29) is 11.9 Å². The zero-order chi connectivity index (χ0) is 21.3. The van der Waals surface area contributed by atoms with Gasteiger partial charge in [-0.2, -0.15) is 0 Å². The van der Waals surface area contributed by atoms with E-state index in [1.165, 1.54) is 11.1 Å². The summed E-state index contributed by atoms with van der Waals surface area (Å²) in [4.78, 5) is 19.6. The van der Waals surface area contributed by atoms with Gasteiger partial charge in [0.05, 0.1) is 6.20 Å². The van der Waals surface area contributed by atoms with Crippen LogP contribution in [0.1, 0.15) is 46.9 Å². The summed E-state index contributed by atoms with van der Waals surface area (Å²) in [5.74, 6) is -0.0149. The minimum absolute atomic E-state index is 0.0149. The summed E-state index contributed by atoms with van der Waals surface area (Å²) in [5.41, 5.74) is 13.1. The third kappa shape index (κ3) is 3.73. The van der Waals surface area contributed by atoms with Crippen LogP contribution in [0.25, 0.3) is 16.8 Å². The highest BCUT2D eigenvalue weighted by Gasteiger charge is 2.26. The van der Waals surface area contributed by atoms with Crippen molar-refractivity contribution >= 4 is 11.6 Å². The van der Waals surface area contributed by atoms with Crippen molar-refractivity contribution in [1.82, 2.24) is 14.3 Å². The highest BCUT2D eigenvalue weighted by Crippen LogP contribution is 2.29. The van der Waals surface area contributed by atoms with E-state index >= 15 is 0 Å². The predicted octanol–water partition coefficient (Wildman–Crippen LogP) is 3.58. The predicted molar refractivity (Wildman–Crippen MR) is 119 cm³/mol. The van der Waals surface area contributed by atoms with Gasteiger partial charge in [-0.1, -0.05) is 25.1 Å². The Bertz CT molecular complexity index is 1070. The van der Waals surface area contributed by atoms with E-state index in [0.29, 0.717) is 25.5 Å². The Hall–Kier alpha value is -2.70. The standard InChI is InChI=1S/C24H30N4O2/c1-4-17-5-6-20(16(2)11-17)21-15-28-22(14-26-23(28)12-18(21)13-25)24(29)27(3)19-7-9-30-10-8-19/h5-6,11-12,14-15,19H,4,7-10,13,25H2,1-3H3. The van der Waals surface area contributed by atoms with Crippen molar-refractivity contribution in [1.29, 1.82) is 0 Å². The zero-order valence-corrected chi connectivity index (χ0v) is 18.0. The maximum atomic E-state index is 13.3. The molecule has 3 heterocycles. The van der Waals surface area contributed by atoms with Gasteiger partial charge in [0.2, 0.25) is 0 Å². The maximum Gasteiger partial charge on any atom is 0.272 e. The number of amides is 1. The van der Waals surface area contributed by atoms with Crippen LogP contribution in [0, 0.1) is 6.92 Å². The number of hydrogen-bond acceptors (Lipinski definition) is 4. The number of benzene rings is 1. The molecule has 1 saturated heterocycles. The Balaban J connectivity index is 1.77. The minimum Gasteiger partial charge on any atom is -0.381 e. The normalized spacial score (nSPS) is 14.9. The molecule has 0 bridgehead atoms. The minimum atomic E-state index is -0.0149. The largest absolute Gasteiger partial charge is 0.381 e. The summed E-state index contributed by atoms with van der Waals surface area (Å²) in [6.45, 7) is 6.10. The van der Waals surface area contributed by atoms with Crippen LogP contribution in [0.5, 0.6) is 0 Å².